The molecule has 11 nitrogen and oxygen atoms in total. The van der Waals surface area contributed by atoms with Crippen molar-refractivity contribution in [2.75, 3.05) is 21.3 Å². The van der Waals surface area contributed by atoms with Crippen LogP contribution >= 0.6 is 0 Å². The Morgan fingerprint density at radius 2 is 1.38 bits per heavy atom. The number of para-hydroxylation sites is 2. The summed E-state index contributed by atoms with van der Waals surface area (Å²) in [6, 6.07) is 40.7. The van der Waals surface area contributed by atoms with E-state index in [1.165, 1.54) is 9.80 Å². The van der Waals surface area contributed by atoms with Gasteiger partial charge in [0.1, 0.15) is 0 Å². The van der Waals surface area contributed by atoms with E-state index in [2.05, 4.69) is 10.3 Å². The molecule has 3 amide bonds. The number of aromatic nitrogens is 3. The van der Waals surface area contributed by atoms with E-state index in [9.17, 15) is 24.6 Å². The number of nitrogens with zero attached hydrogens (tertiary/aromatic N) is 6. The molecular formula is C45H42N6O5. The molecule has 0 fully saturated rings. The van der Waals surface area contributed by atoms with Crippen molar-refractivity contribution in [1.29, 1.82) is 0 Å². The van der Waals surface area contributed by atoms with E-state index >= 15 is 0 Å². The van der Waals surface area contributed by atoms with E-state index in [1.54, 1.807) is 34.7 Å². The molecule has 3 atom stereocenters. The molecule has 11 heteroatoms. The molecule has 5 aromatic carbocycles. The summed E-state index contributed by atoms with van der Waals surface area (Å²) in [6.45, 7) is 2.32. The van der Waals surface area contributed by atoms with Gasteiger partial charge >= 0.3 is 0 Å². The lowest BCUT2D eigenvalue weighted by Crippen LogP contribution is -2.44. The number of allylic oxidation sites excluding steroid dienone is 1. The highest BCUT2D eigenvalue weighted by Crippen LogP contribution is 2.48. The summed E-state index contributed by atoms with van der Waals surface area (Å²) in [6.07, 6.45) is 7.56. The van der Waals surface area contributed by atoms with E-state index in [1.807, 2.05) is 134 Å². The van der Waals surface area contributed by atoms with Crippen molar-refractivity contribution in [2.45, 2.75) is 38.0 Å². The largest absolute Gasteiger partial charge is 0.395 e. The van der Waals surface area contributed by atoms with E-state index in [-0.39, 0.29) is 19.1 Å². The van der Waals surface area contributed by atoms with Crippen LogP contribution in [0, 0.1) is 5.92 Å². The highest BCUT2D eigenvalue weighted by Gasteiger charge is 2.52. The van der Waals surface area contributed by atoms with Crippen molar-refractivity contribution in [2.24, 2.45) is 5.92 Å². The molecule has 6 aromatic rings. The van der Waals surface area contributed by atoms with Gasteiger partial charge in [-0.2, -0.15) is 0 Å². The van der Waals surface area contributed by atoms with Gasteiger partial charge in [0.25, 0.3) is 5.91 Å². The molecule has 1 aliphatic heterocycles. The van der Waals surface area contributed by atoms with Crippen LogP contribution in [0.4, 0.5) is 28.4 Å². The predicted octanol–water partition coefficient (Wildman–Crippen LogP) is 7.01. The fraction of sp³-hybridized carbons (Fsp3) is 0.178. The van der Waals surface area contributed by atoms with Gasteiger partial charge in [-0.05, 0) is 72.1 Å². The third-order valence-corrected chi connectivity index (χ3v) is 10.2. The van der Waals surface area contributed by atoms with Crippen molar-refractivity contribution < 1.29 is 24.6 Å². The van der Waals surface area contributed by atoms with Gasteiger partial charge in [-0.3, -0.25) is 28.9 Å². The van der Waals surface area contributed by atoms with Crippen LogP contribution in [-0.2, 0) is 33.1 Å². The molecule has 2 heterocycles. The summed E-state index contributed by atoms with van der Waals surface area (Å²) >= 11 is 0. The number of aliphatic hydroxyl groups is 2. The number of aliphatic hydroxyl groups excluding tert-OH is 1. The second-order valence-electron chi connectivity index (χ2n) is 13.7. The van der Waals surface area contributed by atoms with Crippen molar-refractivity contribution in [1.82, 2.24) is 15.0 Å². The molecule has 1 aliphatic rings. The Hall–Kier alpha value is -6.69. The lowest BCUT2D eigenvalue weighted by atomic mass is 9.82. The highest BCUT2D eigenvalue weighted by molar-refractivity contribution is 6.08. The fourth-order valence-corrected chi connectivity index (χ4v) is 7.23. The van der Waals surface area contributed by atoms with Gasteiger partial charge in [-0.15, -0.1) is 5.10 Å². The number of anilines is 5. The number of carbonyl (C=O) groups excluding carboxylic acids is 3. The molecule has 282 valence electrons. The van der Waals surface area contributed by atoms with Crippen LogP contribution in [0.15, 0.2) is 152 Å². The molecular weight excluding hydrogens is 705 g/mol. The van der Waals surface area contributed by atoms with Crippen LogP contribution in [0.25, 0.3) is 0 Å². The van der Waals surface area contributed by atoms with Crippen LogP contribution < -0.4 is 14.7 Å². The van der Waals surface area contributed by atoms with Crippen molar-refractivity contribution in [3.8, 4) is 0 Å². The molecule has 1 aromatic heterocycles. The zero-order chi connectivity index (χ0) is 39.1. The van der Waals surface area contributed by atoms with Gasteiger partial charge in [0.15, 0.2) is 5.60 Å². The smallest absolute Gasteiger partial charge is 0.264 e. The minimum Gasteiger partial charge on any atom is -0.395 e. The summed E-state index contributed by atoms with van der Waals surface area (Å²) in [5.41, 5.74) is 3.78. The standard InChI is InChI=1S/C45H42N6O5/c1-33(14-11-12-25-48-29-42(46-47-48)40(30-52)35-16-5-2-6-17-35)45(56)41-27-39(51(32-54)37-20-9-4-10-21-37)23-24-43(41)49(44(45)55)28-34-15-13-22-38(26-34)50(31-53)36-18-7-3-8-19-36/h2-11,13-24,26-27,29,31-33,40,52,56H,12,25,28,30H2,1H3/b14-11+/t33-,40?,45+/m1/s1. The Kier molecular flexibility index (Phi) is 11.3. The molecule has 0 saturated heterocycles. The number of benzene rings is 5. The maximum atomic E-state index is 14.6. The second kappa shape index (κ2) is 16.8. The van der Waals surface area contributed by atoms with Crippen molar-refractivity contribution in [3.63, 3.8) is 0 Å². The third kappa shape index (κ3) is 7.50. The molecule has 0 spiro atoms. The number of carbonyl (C=O) groups is 3. The monoisotopic (exact) mass is 746 g/mol. The molecule has 1 unspecified atom stereocenters. The molecule has 7 rings (SSSR count). The molecule has 0 bridgehead atoms. The van der Waals surface area contributed by atoms with Crippen LogP contribution in [0.1, 0.15) is 41.6 Å². The number of fused-ring (bicyclic) bond motifs is 1. The topological polar surface area (TPSA) is 132 Å². The van der Waals surface area contributed by atoms with Gasteiger partial charge in [0.05, 0.1) is 30.5 Å². The van der Waals surface area contributed by atoms with Crippen LogP contribution in [0.2, 0.25) is 0 Å². The Bertz CT molecular complexity index is 2320. The Balaban J connectivity index is 1.16. The number of hydrogen-bond donors (Lipinski definition) is 2. The Labute approximate surface area is 325 Å². The van der Waals surface area contributed by atoms with E-state index < -0.39 is 17.4 Å². The lowest BCUT2D eigenvalue weighted by Gasteiger charge is -2.28. The first-order valence-electron chi connectivity index (χ1n) is 18.4. The van der Waals surface area contributed by atoms with Crippen molar-refractivity contribution in [3.05, 3.63) is 174 Å². The Morgan fingerprint density at radius 3 is 2.00 bits per heavy atom. The summed E-state index contributed by atoms with van der Waals surface area (Å²) in [7, 11) is 0. The summed E-state index contributed by atoms with van der Waals surface area (Å²) < 4.78 is 1.71. The number of aryl methyl sites for hydroxylation is 1. The summed E-state index contributed by atoms with van der Waals surface area (Å²) in [4.78, 5) is 43.8. The Morgan fingerprint density at radius 1 is 0.768 bits per heavy atom. The molecule has 0 saturated carbocycles. The summed E-state index contributed by atoms with van der Waals surface area (Å²) in [5, 5.41) is 31.2. The van der Waals surface area contributed by atoms with Crippen LogP contribution in [0.3, 0.4) is 0 Å². The molecule has 0 radical (unpaired) electrons. The first-order chi connectivity index (χ1) is 27.3. The molecule has 2 N–H and O–H groups in total. The zero-order valence-electron chi connectivity index (χ0n) is 30.9. The van der Waals surface area contributed by atoms with E-state index in [0.29, 0.717) is 59.1 Å². The van der Waals surface area contributed by atoms with Gasteiger partial charge in [0.2, 0.25) is 12.8 Å². The van der Waals surface area contributed by atoms with Gasteiger partial charge in [-0.25, -0.2) is 0 Å². The fourth-order valence-electron chi connectivity index (χ4n) is 7.23. The molecule has 56 heavy (non-hydrogen) atoms. The van der Waals surface area contributed by atoms with Gasteiger partial charge in [0, 0.05) is 47.0 Å². The molecule has 0 aliphatic carbocycles. The minimum absolute atomic E-state index is 0.0980. The lowest BCUT2D eigenvalue weighted by molar-refractivity contribution is -0.139. The van der Waals surface area contributed by atoms with Crippen LogP contribution in [-0.4, -0.2) is 50.5 Å². The first kappa shape index (κ1) is 37.6. The zero-order valence-corrected chi connectivity index (χ0v) is 30.9. The third-order valence-electron chi connectivity index (χ3n) is 10.2. The second-order valence-corrected chi connectivity index (χ2v) is 13.7. The normalized spacial score (nSPS) is 16.1. The van der Waals surface area contributed by atoms with Crippen LogP contribution in [0.5, 0.6) is 0 Å². The highest BCUT2D eigenvalue weighted by atomic mass is 16.3. The van der Waals surface area contributed by atoms with Gasteiger partial charge in [-0.1, -0.05) is 103 Å². The number of hydrogen-bond acceptors (Lipinski definition) is 7. The average molecular weight is 747 g/mol. The van der Waals surface area contributed by atoms with Gasteiger partial charge < -0.3 is 15.1 Å². The number of amides is 3. The quantitative estimate of drug-likeness (QED) is 0.0805. The maximum absolute atomic E-state index is 14.6. The summed E-state index contributed by atoms with van der Waals surface area (Å²) in [5.74, 6) is -1.46. The predicted molar refractivity (Wildman–Crippen MR) is 216 cm³/mol. The first-order valence-corrected chi connectivity index (χ1v) is 18.4. The average Bonchev–Trinajstić information content (AvgIpc) is 3.79. The SMILES string of the molecule is C[C@H](/C=C/CCn1cc(C(CO)c2ccccc2)nn1)[C@@]1(O)C(=O)N(Cc2cccc(N(C=O)c3ccccc3)c2)c2ccc(N(C=O)c3ccccc3)cc21. The van der Waals surface area contributed by atoms with E-state index in [4.69, 9.17) is 0 Å². The van der Waals surface area contributed by atoms with Crippen molar-refractivity contribution >= 4 is 47.2 Å². The number of rotatable bonds is 16. The van der Waals surface area contributed by atoms with E-state index in [0.717, 1.165) is 17.5 Å². The maximum Gasteiger partial charge on any atom is 0.264 e. The minimum atomic E-state index is -1.96.